The van der Waals surface area contributed by atoms with E-state index in [1.165, 1.54) is 16.0 Å². The Morgan fingerprint density at radius 3 is 2.71 bits per heavy atom. The van der Waals surface area contributed by atoms with Crippen LogP contribution in [-0.4, -0.2) is 5.38 Å². The van der Waals surface area contributed by atoms with Gasteiger partial charge in [-0.3, -0.25) is 0 Å². The summed E-state index contributed by atoms with van der Waals surface area (Å²) < 4.78 is 0. The third kappa shape index (κ3) is 3.86. The van der Waals surface area contributed by atoms with Crippen LogP contribution in [0.3, 0.4) is 0 Å². The van der Waals surface area contributed by atoms with Gasteiger partial charge >= 0.3 is 0 Å². The number of aryl methyl sites for hydroxylation is 2. The van der Waals surface area contributed by atoms with E-state index in [2.05, 4.69) is 48.7 Å². The molecule has 1 unspecified atom stereocenters. The number of alkyl halides is 1. The first kappa shape index (κ1) is 12.7. The Bertz CT molecular complexity index is 448. The number of hydrogen-bond acceptors (Lipinski definition) is 1. The maximum Gasteiger partial charge on any atom is 0.0387 e. The third-order valence-corrected chi connectivity index (χ3v) is 4.26. The number of thiophene rings is 1. The molecule has 2 aromatic rings. The summed E-state index contributed by atoms with van der Waals surface area (Å²) in [7, 11) is 0. The van der Waals surface area contributed by atoms with Crippen molar-refractivity contribution in [3.63, 3.8) is 0 Å². The molecule has 0 N–H and O–H groups in total. The molecular formula is C15H17ClS. The van der Waals surface area contributed by atoms with E-state index in [-0.39, 0.29) is 5.38 Å². The second-order valence-electron chi connectivity index (χ2n) is 4.35. The van der Waals surface area contributed by atoms with Gasteiger partial charge in [0.05, 0.1) is 0 Å². The minimum Gasteiger partial charge on any atom is -0.149 e. The van der Waals surface area contributed by atoms with E-state index >= 15 is 0 Å². The van der Waals surface area contributed by atoms with E-state index in [9.17, 15) is 0 Å². The molecule has 0 spiro atoms. The van der Waals surface area contributed by atoms with Gasteiger partial charge in [0.1, 0.15) is 0 Å². The summed E-state index contributed by atoms with van der Waals surface area (Å²) in [6.07, 6.45) is 3.11. The van der Waals surface area contributed by atoms with Crippen LogP contribution in [0.4, 0.5) is 0 Å². The Balaban J connectivity index is 1.84. The summed E-state index contributed by atoms with van der Waals surface area (Å²) in [6.45, 7) is 2.16. The lowest BCUT2D eigenvalue weighted by atomic mass is 10.0. The predicted octanol–water partition coefficient (Wildman–Crippen LogP) is 4.84. The zero-order valence-corrected chi connectivity index (χ0v) is 11.6. The molecule has 0 nitrogen and oxygen atoms in total. The minimum absolute atomic E-state index is 0.244. The first-order chi connectivity index (χ1) is 8.25. The predicted molar refractivity (Wildman–Crippen MR) is 77.2 cm³/mol. The van der Waals surface area contributed by atoms with E-state index in [1.807, 2.05) is 0 Å². The molecule has 0 saturated heterocycles. The lowest BCUT2D eigenvalue weighted by Gasteiger charge is -2.09. The molecule has 17 heavy (non-hydrogen) atoms. The Kier molecular flexibility index (Phi) is 4.64. The SMILES string of the molecule is Cc1ccccc1CCC(Cl)Cc1cccs1. The molecule has 0 aliphatic heterocycles. The Morgan fingerprint density at radius 1 is 1.18 bits per heavy atom. The zero-order chi connectivity index (χ0) is 12.1. The van der Waals surface area contributed by atoms with Crippen molar-refractivity contribution in [2.45, 2.75) is 31.6 Å². The van der Waals surface area contributed by atoms with Crippen LogP contribution < -0.4 is 0 Å². The largest absolute Gasteiger partial charge is 0.149 e. The first-order valence-electron chi connectivity index (χ1n) is 5.96. The standard InChI is InChI=1S/C15H17ClS/c1-12-5-2-3-6-13(12)8-9-14(16)11-15-7-4-10-17-15/h2-7,10,14H,8-9,11H2,1H3. The van der Waals surface area contributed by atoms with Crippen LogP contribution in [0.5, 0.6) is 0 Å². The number of halogens is 1. The highest BCUT2D eigenvalue weighted by molar-refractivity contribution is 7.09. The van der Waals surface area contributed by atoms with Crippen molar-refractivity contribution in [2.24, 2.45) is 0 Å². The van der Waals surface area contributed by atoms with Gasteiger partial charge < -0.3 is 0 Å². The van der Waals surface area contributed by atoms with Crippen LogP contribution in [0.1, 0.15) is 22.4 Å². The number of hydrogen-bond donors (Lipinski definition) is 0. The molecule has 0 aliphatic carbocycles. The van der Waals surface area contributed by atoms with E-state index in [0.29, 0.717) is 0 Å². The van der Waals surface area contributed by atoms with Crippen molar-refractivity contribution in [3.05, 3.63) is 57.8 Å². The molecule has 1 aromatic heterocycles. The van der Waals surface area contributed by atoms with E-state index in [1.54, 1.807) is 11.3 Å². The molecule has 0 radical (unpaired) electrons. The Morgan fingerprint density at radius 2 is 2.00 bits per heavy atom. The van der Waals surface area contributed by atoms with E-state index in [4.69, 9.17) is 11.6 Å². The minimum atomic E-state index is 0.244. The number of rotatable bonds is 5. The van der Waals surface area contributed by atoms with Crippen molar-refractivity contribution in [1.82, 2.24) is 0 Å². The molecule has 0 fully saturated rings. The number of benzene rings is 1. The van der Waals surface area contributed by atoms with Gasteiger partial charge in [0.15, 0.2) is 0 Å². The molecule has 0 saturated carbocycles. The Hall–Kier alpha value is -0.790. The topological polar surface area (TPSA) is 0 Å². The summed E-state index contributed by atoms with van der Waals surface area (Å²) in [4.78, 5) is 1.38. The van der Waals surface area contributed by atoms with Gasteiger partial charge in [-0.1, -0.05) is 30.3 Å². The van der Waals surface area contributed by atoms with Gasteiger partial charge in [-0.25, -0.2) is 0 Å². The summed E-state index contributed by atoms with van der Waals surface area (Å²) in [5.41, 5.74) is 2.79. The molecule has 1 aromatic carbocycles. The van der Waals surface area contributed by atoms with Crippen molar-refractivity contribution < 1.29 is 0 Å². The second kappa shape index (κ2) is 6.23. The van der Waals surface area contributed by atoms with Crippen LogP contribution >= 0.6 is 22.9 Å². The zero-order valence-electron chi connectivity index (χ0n) is 10.0. The van der Waals surface area contributed by atoms with Crippen LogP contribution in [-0.2, 0) is 12.8 Å². The van der Waals surface area contributed by atoms with Gasteiger partial charge in [-0.15, -0.1) is 22.9 Å². The smallest absolute Gasteiger partial charge is 0.0387 e. The van der Waals surface area contributed by atoms with Gasteiger partial charge in [0.2, 0.25) is 0 Å². The van der Waals surface area contributed by atoms with Crippen LogP contribution in [0.15, 0.2) is 41.8 Å². The summed E-state index contributed by atoms with van der Waals surface area (Å²) in [6, 6.07) is 12.8. The van der Waals surface area contributed by atoms with Crippen LogP contribution in [0.2, 0.25) is 0 Å². The third-order valence-electron chi connectivity index (χ3n) is 2.99. The maximum absolute atomic E-state index is 6.38. The van der Waals surface area contributed by atoms with Crippen LogP contribution in [0.25, 0.3) is 0 Å². The molecule has 2 rings (SSSR count). The highest BCUT2D eigenvalue weighted by Gasteiger charge is 2.07. The highest BCUT2D eigenvalue weighted by atomic mass is 35.5. The summed E-state index contributed by atoms with van der Waals surface area (Å²) >= 11 is 8.17. The van der Waals surface area contributed by atoms with Crippen LogP contribution in [0, 0.1) is 6.92 Å². The molecule has 2 heteroatoms. The normalized spacial score (nSPS) is 12.6. The average molecular weight is 265 g/mol. The molecule has 0 aliphatic rings. The monoisotopic (exact) mass is 264 g/mol. The van der Waals surface area contributed by atoms with Gasteiger partial charge in [-0.2, -0.15) is 0 Å². The summed E-state index contributed by atoms with van der Waals surface area (Å²) in [5, 5.41) is 2.36. The molecule has 1 heterocycles. The molecule has 90 valence electrons. The molecule has 0 amide bonds. The Labute approximate surface area is 112 Å². The van der Waals surface area contributed by atoms with Crippen molar-refractivity contribution in [2.75, 3.05) is 0 Å². The van der Waals surface area contributed by atoms with Crippen molar-refractivity contribution in [1.29, 1.82) is 0 Å². The van der Waals surface area contributed by atoms with Gasteiger partial charge in [-0.05, 0) is 48.8 Å². The summed E-state index contributed by atoms with van der Waals surface area (Å²) in [5.74, 6) is 0. The lowest BCUT2D eigenvalue weighted by Crippen LogP contribution is -2.04. The first-order valence-corrected chi connectivity index (χ1v) is 7.28. The lowest BCUT2D eigenvalue weighted by molar-refractivity contribution is 0.747. The second-order valence-corrected chi connectivity index (χ2v) is 6.00. The maximum atomic E-state index is 6.38. The molecular weight excluding hydrogens is 248 g/mol. The van der Waals surface area contributed by atoms with Gasteiger partial charge in [0, 0.05) is 10.3 Å². The average Bonchev–Trinajstić information content (AvgIpc) is 2.81. The van der Waals surface area contributed by atoms with Crippen molar-refractivity contribution in [3.8, 4) is 0 Å². The van der Waals surface area contributed by atoms with E-state index < -0.39 is 0 Å². The fraction of sp³-hybridized carbons (Fsp3) is 0.333. The fourth-order valence-corrected chi connectivity index (χ4v) is 3.11. The van der Waals surface area contributed by atoms with E-state index in [0.717, 1.165) is 19.3 Å². The molecule has 0 bridgehead atoms. The molecule has 1 atom stereocenters. The van der Waals surface area contributed by atoms with Crippen molar-refractivity contribution >= 4 is 22.9 Å². The quantitative estimate of drug-likeness (QED) is 0.678. The highest BCUT2D eigenvalue weighted by Crippen LogP contribution is 2.19. The fourth-order valence-electron chi connectivity index (χ4n) is 1.95. The van der Waals surface area contributed by atoms with Gasteiger partial charge in [0.25, 0.3) is 0 Å².